The molecule has 0 aromatic carbocycles. The Bertz CT molecular complexity index is 997. The summed E-state index contributed by atoms with van der Waals surface area (Å²) in [5.74, 6) is 2.71. The van der Waals surface area contributed by atoms with E-state index in [0.29, 0.717) is 12.0 Å². The standard InChI is InChI=1S/C18H19N5S2/c1-9-19-16-14(12-3-2-4-13(12)24-16)17(20-9)25-18-22-21-15(10-5-6-10)23(18)11-7-8-11/h10-11H,2-8H2,1H3. The van der Waals surface area contributed by atoms with Crippen molar-refractivity contribution in [1.29, 1.82) is 0 Å². The van der Waals surface area contributed by atoms with Crippen LogP contribution in [0.3, 0.4) is 0 Å². The molecule has 2 saturated carbocycles. The number of fused-ring (bicyclic) bond motifs is 3. The lowest BCUT2D eigenvalue weighted by Gasteiger charge is -2.09. The summed E-state index contributed by atoms with van der Waals surface area (Å²) in [6, 6.07) is 0.611. The van der Waals surface area contributed by atoms with Gasteiger partial charge in [0.15, 0.2) is 5.16 Å². The summed E-state index contributed by atoms with van der Waals surface area (Å²) in [6.45, 7) is 2.00. The van der Waals surface area contributed by atoms with Gasteiger partial charge in [0.05, 0.1) is 0 Å². The van der Waals surface area contributed by atoms with Gasteiger partial charge in [-0.25, -0.2) is 9.97 Å². The fourth-order valence-corrected chi connectivity index (χ4v) is 6.34. The molecular weight excluding hydrogens is 350 g/mol. The van der Waals surface area contributed by atoms with Gasteiger partial charge in [0, 0.05) is 22.2 Å². The predicted octanol–water partition coefficient (Wildman–Crippen LogP) is 4.44. The Labute approximate surface area is 154 Å². The average molecular weight is 370 g/mol. The van der Waals surface area contributed by atoms with Gasteiger partial charge in [-0.05, 0) is 69.2 Å². The number of hydrogen-bond donors (Lipinski definition) is 0. The van der Waals surface area contributed by atoms with E-state index in [2.05, 4.69) is 14.8 Å². The minimum Gasteiger partial charge on any atom is -0.302 e. The quantitative estimate of drug-likeness (QED) is 0.636. The zero-order valence-corrected chi connectivity index (χ0v) is 15.8. The molecule has 3 aliphatic carbocycles. The van der Waals surface area contributed by atoms with Gasteiger partial charge in [0.2, 0.25) is 0 Å². The molecule has 3 heterocycles. The Morgan fingerprint density at radius 2 is 1.96 bits per heavy atom. The second-order valence-corrected chi connectivity index (χ2v) is 9.47. The summed E-state index contributed by atoms with van der Waals surface area (Å²) < 4.78 is 2.41. The van der Waals surface area contributed by atoms with Crippen LogP contribution < -0.4 is 0 Å². The van der Waals surface area contributed by atoms with Gasteiger partial charge in [-0.3, -0.25) is 0 Å². The topological polar surface area (TPSA) is 56.5 Å². The van der Waals surface area contributed by atoms with E-state index >= 15 is 0 Å². The molecule has 2 fully saturated rings. The third-order valence-electron chi connectivity index (χ3n) is 5.38. The Hall–Kier alpha value is -1.47. The summed E-state index contributed by atoms with van der Waals surface area (Å²) in [4.78, 5) is 12.2. The first-order valence-corrected chi connectivity index (χ1v) is 10.8. The summed E-state index contributed by atoms with van der Waals surface area (Å²) in [5.41, 5.74) is 1.49. The van der Waals surface area contributed by atoms with Gasteiger partial charge in [0.25, 0.3) is 0 Å². The van der Waals surface area contributed by atoms with E-state index in [1.807, 2.05) is 18.3 Å². The van der Waals surface area contributed by atoms with E-state index < -0.39 is 0 Å². The Morgan fingerprint density at radius 3 is 2.76 bits per heavy atom. The molecule has 0 saturated heterocycles. The molecular formula is C18H19N5S2. The maximum atomic E-state index is 4.81. The SMILES string of the molecule is Cc1nc(Sc2nnc(C3CC3)n2C2CC2)c2c3c(sc2n1)CCC3. The van der Waals surface area contributed by atoms with Gasteiger partial charge in [-0.15, -0.1) is 21.5 Å². The van der Waals surface area contributed by atoms with Crippen molar-refractivity contribution in [3.8, 4) is 0 Å². The van der Waals surface area contributed by atoms with Crippen LogP contribution in [0.4, 0.5) is 0 Å². The van der Waals surface area contributed by atoms with Crippen molar-refractivity contribution < 1.29 is 0 Å². The van der Waals surface area contributed by atoms with Crippen molar-refractivity contribution >= 4 is 33.3 Å². The highest BCUT2D eigenvalue weighted by Gasteiger charge is 2.37. The Kier molecular flexibility index (Phi) is 3.09. The second-order valence-electron chi connectivity index (χ2n) is 7.43. The molecule has 0 atom stereocenters. The number of nitrogens with zero attached hydrogens (tertiary/aromatic N) is 5. The smallest absolute Gasteiger partial charge is 0.197 e. The van der Waals surface area contributed by atoms with Crippen LogP contribution in [0.2, 0.25) is 0 Å². The summed E-state index contributed by atoms with van der Waals surface area (Å²) in [7, 11) is 0. The fourth-order valence-electron chi connectivity index (χ4n) is 3.88. The number of rotatable bonds is 4. The molecule has 6 rings (SSSR count). The molecule has 128 valence electrons. The largest absolute Gasteiger partial charge is 0.302 e. The Morgan fingerprint density at radius 1 is 1.08 bits per heavy atom. The first-order chi connectivity index (χ1) is 12.3. The Balaban J connectivity index is 1.48. The minimum atomic E-state index is 0.611. The predicted molar refractivity (Wildman–Crippen MR) is 98.6 cm³/mol. The molecule has 0 radical (unpaired) electrons. The van der Waals surface area contributed by atoms with Crippen molar-refractivity contribution in [3.63, 3.8) is 0 Å². The highest BCUT2D eigenvalue weighted by Crippen LogP contribution is 2.48. The normalized spacial score (nSPS) is 19.7. The number of aromatic nitrogens is 5. The molecule has 5 nitrogen and oxygen atoms in total. The van der Waals surface area contributed by atoms with Crippen molar-refractivity contribution in [3.05, 3.63) is 22.1 Å². The van der Waals surface area contributed by atoms with E-state index in [1.54, 1.807) is 11.8 Å². The van der Waals surface area contributed by atoms with Gasteiger partial charge in [0.1, 0.15) is 21.5 Å². The highest BCUT2D eigenvalue weighted by molar-refractivity contribution is 7.99. The van der Waals surface area contributed by atoms with Gasteiger partial charge in [-0.1, -0.05) is 0 Å². The van der Waals surface area contributed by atoms with Gasteiger partial charge >= 0.3 is 0 Å². The molecule has 3 aliphatic rings. The van der Waals surface area contributed by atoms with E-state index in [0.717, 1.165) is 27.3 Å². The van der Waals surface area contributed by atoms with E-state index in [4.69, 9.17) is 9.97 Å². The zero-order chi connectivity index (χ0) is 16.5. The van der Waals surface area contributed by atoms with Crippen molar-refractivity contribution in [2.24, 2.45) is 0 Å². The third kappa shape index (κ3) is 2.35. The number of thiophene rings is 1. The molecule has 0 N–H and O–H groups in total. The van der Waals surface area contributed by atoms with Crippen molar-refractivity contribution in [2.45, 2.75) is 74.0 Å². The van der Waals surface area contributed by atoms with Crippen LogP contribution >= 0.6 is 23.1 Å². The van der Waals surface area contributed by atoms with Crippen LogP contribution in [0, 0.1) is 6.92 Å². The third-order valence-corrected chi connectivity index (χ3v) is 7.51. The maximum absolute atomic E-state index is 4.81. The monoisotopic (exact) mass is 369 g/mol. The number of hydrogen-bond acceptors (Lipinski definition) is 6. The molecule has 0 amide bonds. The van der Waals surface area contributed by atoms with Crippen LogP contribution in [0.5, 0.6) is 0 Å². The molecule has 0 spiro atoms. The van der Waals surface area contributed by atoms with Gasteiger partial charge in [-0.2, -0.15) is 0 Å². The molecule has 25 heavy (non-hydrogen) atoms. The summed E-state index contributed by atoms with van der Waals surface area (Å²) in [5, 5.41) is 12.5. The van der Waals surface area contributed by atoms with E-state index in [1.165, 1.54) is 60.2 Å². The van der Waals surface area contributed by atoms with Crippen molar-refractivity contribution in [2.75, 3.05) is 0 Å². The molecule has 0 unspecified atom stereocenters. The second kappa shape index (κ2) is 5.27. The van der Waals surface area contributed by atoms with Crippen LogP contribution in [0.25, 0.3) is 10.2 Å². The van der Waals surface area contributed by atoms with E-state index in [9.17, 15) is 0 Å². The molecule has 7 heteroatoms. The zero-order valence-electron chi connectivity index (χ0n) is 14.2. The van der Waals surface area contributed by atoms with Crippen LogP contribution in [0.1, 0.15) is 66.2 Å². The molecule has 3 aromatic heterocycles. The first-order valence-electron chi connectivity index (χ1n) is 9.19. The molecule has 0 aliphatic heterocycles. The first kappa shape index (κ1) is 14.7. The van der Waals surface area contributed by atoms with Gasteiger partial charge < -0.3 is 4.57 Å². The average Bonchev–Trinajstić information content (AvgIpc) is 3.48. The maximum Gasteiger partial charge on any atom is 0.197 e. The highest BCUT2D eigenvalue weighted by atomic mass is 32.2. The summed E-state index contributed by atoms with van der Waals surface area (Å²) in [6.07, 6.45) is 8.68. The van der Waals surface area contributed by atoms with Crippen LogP contribution in [-0.2, 0) is 12.8 Å². The molecule has 3 aromatic rings. The fraction of sp³-hybridized carbons (Fsp3) is 0.556. The molecule has 0 bridgehead atoms. The van der Waals surface area contributed by atoms with Crippen LogP contribution in [0.15, 0.2) is 10.2 Å². The van der Waals surface area contributed by atoms with E-state index in [-0.39, 0.29) is 0 Å². The van der Waals surface area contributed by atoms with Crippen molar-refractivity contribution in [1.82, 2.24) is 24.7 Å². The lowest BCUT2D eigenvalue weighted by molar-refractivity contribution is 0.626. The summed E-state index contributed by atoms with van der Waals surface area (Å²) >= 11 is 3.57. The number of aryl methyl sites for hydroxylation is 3. The lowest BCUT2D eigenvalue weighted by Crippen LogP contribution is -2.02. The van der Waals surface area contributed by atoms with Crippen LogP contribution in [-0.4, -0.2) is 24.7 Å². The minimum absolute atomic E-state index is 0.611. The lowest BCUT2D eigenvalue weighted by atomic mass is 10.2.